The smallest absolute Gasteiger partial charge is 0.374 e. The number of hydrogen-bond acceptors (Lipinski definition) is 4. The molecule has 0 saturated heterocycles. The second kappa shape index (κ2) is 7.48. The van der Waals surface area contributed by atoms with Crippen molar-refractivity contribution < 1.29 is 14.3 Å². The molecule has 0 unspecified atom stereocenters. The van der Waals surface area contributed by atoms with Gasteiger partial charge in [0.15, 0.2) is 0 Å². The highest BCUT2D eigenvalue weighted by Gasteiger charge is 2.12. The molecular formula is C14H19NO3. The summed E-state index contributed by atoms with van der Waals surface area (Å²) in [6.45, 7) is 0. The first-order valence-corrected chi connectivity index (χ1v) is 6.09. The van der Waals surface area contributed by atoms with Crippen LogP contribution in [0.5, 0.6) is 0 Å². The zero-order valence-electron chi connectivity index (χ0n) is 10.6. The van der Waals surface area contributed by atoms with Gasteiger partial charge in [0.05, 0.1) is 7.11 Å². The van der Waals surface area contributed by atoms with Gasteiger partial charge in [-0.1, -0.05) is 18.6 Å². The van der Waals surface area contributed by atoms with E-state index in [1.54, 1.807) is 0 Å². The van der Waals surface area contributed by atoms with Crippen molar-refractivity contribution in [3.8, 4) is 0 Å². The van der Waals surface area contributed by atoms with Crippen LogP contribution in [0.25, 0.3) is 0 Å². The van der Waals surface area contributed by atoms with E-state index in [4.69, 9.17) is 5.73 Å². The average molecular weight is 249 g/mol. The summed E-state index contributed by atoms with van der Waals surface area (Å²) in [6, 6.07) is 7.79. The summed E-state index contributed by atoms with van der Waals surface area (Å²) < 4.78 is 4.35. The predicted molar refractivity (Wildman–Crippen MR) is 70.0 cm³/mol. The normalized spacial score (nSPS) is 10.1. The molecule has 0 aromatic heterocycles. The summed E-state index contributed by atoms with van der Waals surface area (Å²) in [5.74, 6) is -1.18. The molecule has 0 radical (unpaired) electrons. The maximum Gasteiger partial charge on any atom is 0.374 e. The van der Waals surface area contributed by atoms with Crippen LogP contribution in [0.15, 0.2) is 24.3 Å². The summed E-state index contributed by atoms with van der Waals surface area (Å²) in [7, 11) is 1.22. The van der Waals surface area contributed by atoms with E-state index in [1.807, 2.05) is 24.3 Å². The third-order valence-corrected chi connectivity index (χ3v) is 2.76. The van der Waals surface area contributed by atoms with E-state index in [0.717, 1.165) is 31.4 Å². The first kappa shape index (κ1) is 14.2. The maximum absolute atomic E-state index is 11.2. The SMILES string of the molecule is COC(=O)C(=O)CCCCCc1ccc(N)cc1. The first-order valence-electron chi connectivity index (χ1n) is 6.09. The molecule has 1 rings (SSSR count). The standard InChI is InChI=1S/C14H19NO3/c1-18-14(17)13(16)6-4-2-3-5-11-7-9-12(15)10-8-11/h7-10H,2-6,15H2,1H3. The van der Waals surface area contributed by atoms with Gasteiger partial charge < -0.3 is 10.5 Å². The highest BCUT2D eigenvalue weighted by Crippen LogP contribution is 2.10. The number of anilines is 1. The average Bonchev–Trinajstić information content (AvgIpc) is 2.39. The minimum Gasteiger partial charge on any atom is -0.463 e. The van der Waals surface area contributed by atoms with E-state index < -0.39 is 11.8 Å². The molecule has 4 nitrogen and oxygen atoms in total. The van der Waals surface area contributed by atoms with Gasteiger partial charge in [-0.3, -0.25) is 4.79 Å². The Labute approximate surface area is 107 Å². The van der Waals surface area contributed by atoms with E-state index >= 15 is 0 Å². The van der Waals surface area contributed by atoms with Gasteiger partial charge in [0.25, 0.3) is 0 Å². The Balaban J connectivity index is 2.14. The fourth-order valence-corrected chi connectivity index (χ4v) is 1.69. The Kier molecular flexibility index (Phi) is 5.91. The number of carbonyl (C=O) groups is 2. The number of nitrogens with two attached hydrogens (primary N) is 1. The number of hydrogen-bond donors (Lipinski definition) is 1. The number of nitrogen functional groups attached to an aromatic ring is 1. The minimum atomic E-state index is -0.742. The molecule has 1 aromatic carbocycles. The molecule has 0 atom stereocenters. The number of methoxy groups -OCH3 is 1. The van der Waals surface area contributed by atoms with Crippen LogP contribution in [0.3, 0.4) is 0 Å². The Morgan fingerprint density at radius 1 is 1.11 bits per heavy atom. The van der Waals surface area contributed by atoms with Crippen LogP contribution in [0.4, 0.5) is 5.69 Å². The van der Waals surface area contributed by atoms with Crippen molar-refractivity contribution in [1.82, 2.24) is 0 Å². The Morgan fingerprint density at radius 2 is 1.78 bits per heavy atom. The van der Waals surface area contributed by atoms with Gasteiger partial charge in [0.1, 0.15) is 0 Å². The lowest BCUT2D eigenvalue weighted by Gasteiger charge is -2.02. The van der Waals surface area contributed by atoms with Crippen LogP contribution >= 0.6 is 0 Å². The van der Waals surface area contributed by atoms with E-state index in [1.165, 1.54) is 12.7 Å². The fraction of sp³-hybridized carbons (Fsp3) is 0.429. The number of aryl methyl sites for hydroxylation is 1. The number of carbonyl (C=O) groups excluding carboxylic acids is 2. The molecule has 0 fully saturated rings. The van der Waals surface area contributed by atoms with E-state index in [9.17, 15) is 9.59 Å². The predicted octanol–water partition coefficient (Wildman–Crippen LogP) is 2.11. The van der Waals surface area contributed by atoms with Crippen molar-refractivity contribution >= 4 is 17.4 Å². The van der Waals surface area contributed by atoms with Gasteiger partial charge in [0.2, 0.25) is 5.78 Å². The molecule has 0 spiro atoms. The van der Waals surface area contributed by atoms with Gasteiger partial charge >= 0.3 is 5.97 Å². The Hall–Kier alpha value is -1.84. The number of Topliss-reactive ketones (excluding diaryl/α,β-unsaturated/α-hetero) is 1. The van der Waals surface area contributed by atoms with Gasteiger partial charge in [-0.2, -0.15) is 0 Å². The van der Waals surface area contributed by atoms with Crippen LogP contribution in [0.1, 0.15) is 31.2 Å². The van der Waals surface area contributed by atoms with Crippen LogP contribution < -0.4 is 5.73 Å². The Morgan fingerprint density at radius 3 is 2.39 bits per heavy atom. The quantitative estimate of drug-likeness (QED) is 0.348. The van der Waals surface area contributed by atoms with Gasteiger partial charge in [-0.15, -0.1) is 0 Å². The molecule has 0 aliphatic rings. The second-order valence-corrected chi connectivity index (χ2v) is 4.22. The number of unbranched alkanes of at least 4 members (excludes halogenated alkanes) is 2. The summed E-state index contributed by atoms with van der Waals surface area (Å²) in [5, 5.41) is 0. The minimum absolute atomic E-state index is 0.272. The van der Waals surface area contributed by atoms with Crippen LogP contribution in [-0.2, 0) is 20.7 Å². The lowest BCUT2D eigenvalue weighted by atomic mass is 10.0. The van der Waals surface area contributed by atoms with Crippen molar-refractivity contribution in [3.63, 3.8) is 0 Å². The highest BCUT2D eigenvalue weighted by molar-refractivity contribution is 6.33. The molecule has 0 aliphatic heterocycles. The zero-order chi connectivity index (χ0) is 13.4. The van der Waals surface area contributed by atoms with E-state index in [-0.39, 0.29) is 6.42 Å². The molecule has 4 heteroatoms. The maximum atomic E-state index is 11.2. The van der Waals surface area contributed by atoms with Crippen molar-refractivity contribution in [2.24, 2.45) is 0 Å². The first-order chi connectivity index (χ1) is 8.63. The van der Waals surface area contributed by atoms with Gasteiger partial charge in [-0.05, 0) is 37.0 Å². The van der Waals surface area contributed by atoms with Crippen LogP contribution in [-0.4, -0.2) is 18.9 Å². The molecule has 2 N–H and O–H groups in total. The lowest BCUT2D eigenvalue weighted by molar-refractivity contribution is -0.151. The van der Waals surface area contributed by atoms with Crippen molar-refractivity contribution in [1.29, 1.82) is 0 Å². The molecule has 18 heavy (non-hydrogen) atoms. The Bertz CT molecular complexity index is 398. The van der Waals surface area contributed by atoms with Gasteiger partial charge in [-0.25, -0.2) is 4.79 Å². The van der Waals surface area contributed by atoms with E-state index in [2.05, 4.69) is 4.74 Å². The van der Waals surface area contributed by atoms with Crippen molar-refractivity contribution in [3.05, 3.63) is 29.8 Å². The summed E-state index contributed by atoms with van der Waals surface area (Å²) in [5.41, 5.74) is 7.60. The lowest BCUT2D eigenvalue weighted by Crippen LogP contribution is -2.14. The summed E-state index contributed by atoms with van der Waals surface area (Å²) in [4.78, 5) is 22.0. The molecule has 0 saturated carbocycles. The zero-order valence-corrected chi connectivity index (χ0v) is 10.6. The molecular weight excluding hydrogens is 230 g/mol. The molecule has 0 bridgehead atoms. The number of benzene rings is 1. The number of ether oxygens (including phenoxy) is 1. The number of esters is 1. The van der Waals surface area contributed by atoms with Crippen molar-refractivity contribution in [2.45, 2.75) is 32.1 Å². The number of ketones is 1. The third kappa shape index (κ3) is 4.99. The summed E-state index contributed by atoms with van der Waals surface area (Å²) in [6.07, 6.45) is 3.88. The molecule has 0 aliphatic carbocycles. The van der Waals surface area contributed by atoms with Crippen LogP contribution in [0.2, 0.25) is 0 Å². The fourth-order valence-electron chi connectivity index (χ4n) is 1.69. The van der Waals surface area contributed by atoms with Crippen LogP contribution in [0, 0.1) is 0 Å². The number of rotatable bonds is 7. The summed E-state index contributed by atoms with van der Waals surface area (Å²) >= 11 is 0. The van der Waals surface area contributed by atoms with Gasteiger partial charge in [0, 0.05) is 12.1 Å². The highest BCUT2D eigenvalue weighted by atomic mass is 16.5. The van der Waals surface area contributed by atoms with E-state index in [0.29, 0.717) is 0 Å². The molecule has 0 heterocycles. The second-order valence-electron chi connectivity index (χ2n) is 4.22. The molecule has 0 amide bonds. The third-order valence-electron chi connectivity index (χ3n) is 2.76. The topological polar surface area (TPSA) is 69.4 Å². The monoisotopic (exact) mass is 249 g/mol. The van der Waals surface area contributed by atoms with Crippen molar-refractivity contribution in [2.75, 3.05) is 12.8 Å². The largest absolute Gasteiger partial charge is 0.463 e. The molecule has 1 aromatic rings. The molecule has 98 valence electrons.